The van der Waals surface area contributed by atoms with Gasteiger partial charge in [0.25, 0.3) is 0 Å². The number of anilines is 1. The van der Waals surface area contributed by atoms with Crippen molar-refractivity contribution in [1.82, 2.24) is 19.4 Å². The van der Waals surface area contributed by atoms with Gasteiger partial charge < -0.3 is 0 Å². The second-order valence-electron chi connectivity index (χ2n) is 10.2. The molecule has 0 radical (unpaired) electrons. The van der Waals surface area contributed by atoms with Crippen LogP contribution in [0, 0.1) is 11.6 Å². The number of aromatic amines is 1. The van der Waals surface area contributed by atoms with Gasteiger partial charge in [-0.15, -0.1) is 0 Å². The second-order valence-corrected chi connectivity index (χ2v) is 13.4. The molecule has 13 heteroatoms. The van der Waals surface area contributed by atoms with Crippen LogP contribution in [0.1, 0.15) is 49.3 Å². The molecule has 0 spiro atoms. The minimum atomic E-state index is -4.17. The molecule has 1 aromatic heterocycles. The molecule has 1 unspecified atom stereocenters. The van der Waals surface area contributed by atoms with E-state index in [4.69, 9.17) is 4.74 Å². The second kappa shape index (κ2) is 12.4. The Balaban J connectivity index is 1.44. The molecule has 2 aromatic carbocycles. The summed E-state index contributed by atoms with van der Waals surface area (Å²) in [7, 11) is -4.17. The molecule has 0 bridgehead atoms. The van der Waals surface area contributed by atoms with Gasteiger partial charge in [0, 0.05) is 6.07 Å². The number of benzene rings is 2. The summed E-state index contributed by atoms with van der Waals surface area (Å²) < 4.78 is 61.4. The van der Waals surface area contributed by atoms with Crippen molar-refractivity contribution in [2.24, 2.45) is 0 Å². The molecule has 1 amide bonds. The summed E-state index contributed by atoms with van der Waals surface area (Å²) in [6.07, 6.45) is 0.300. The van der Waals surface area contributed by atoms with Crippen LogP contribution in [0.4, 0.5) is 14.6 Å². The Labute approximate surface area is 241 Å². The van der Waals surface area contributed by atoms with Gasteiger partial charge in [-0.1, -0.05) is 0 Å². The number of halogens is 2. The number of hydrogen-bond acceptors (Lipinski definition) is 6. The van der Waals surface area contributed by atoms with Crippen LogP contribution in [-0.2, 0) is 23.0 Å². The van der Waals surface area contributed by atoms with Gasteiger partial charge in [0.2, 0.25) is 0 Å². The summed E-state index contributed by atoms with van der Waals surface area (Å²) in [5.74, 6) is -1.46. The Bertz CT molecular complexity index is 1470. The first-order valence-corrected chi connectivity index (χ1v) is 15.6. The van der Waals surface area contributed by atoms with Gasteiger partial charge in [-0.25, -0.2) is 8.78 Å². The van der Waals surface area contributed by atoms with Crippen molar-refractivity contribution in [3.63, 3.8) is 0 Å². The van der Waals surface area contributed by atoms with E-state index in [-0.39, 0.29) is 18.9 Å². The number of amides is 1. The average molecular weight is 638 g/mol. The zero-order valence-electron chi connectivity index (χ0n) is 22.9. The van der Waals surface area contributed by atoms with Crippen molar-refractivity contribution in [2.45, 2.75) is 57.6 Å². The van der Waals surface area contributed by atoms with Crippen molar-refractivity contribution in [1.29, 1.82) is 0 Å². The number of hydrogen-bond donors (Lipinski definition) is 2. The van der Waals surface area contributed by atoms with Crippen LogP contribution in [0.5, 0.6) is 5.75 Å². The van der Waals surface area contributed by atoms with Gasteiger partial charge in [0.1, 0.15) is 0 Å². The number of H-pyrrole nitrogens is 1. The molecule has 2 N–H and O–H groups in total. The van der Waals surface area contributed by atoms with E-state index in [9.17, 15) is 22.0 Å². The van der Waals surface area contributed by atoms with Crippen LogP contribution in [0.3, 0.4) is 0 Å². The standard InChI is InChI=1S/C27H34AsF2N5O4S/c1-16(2)35(17(3)4)9-10-39-20-5-6-22(24(28)14-20)27(36)31-26-23-15-34(8-7-25(23)32-33-26)40(37,38)21-12-18(29)11-19(30)13-21/h5-6,11-14,16-17H,7-10,15,28H2,1-4H3,(H2,31,32,33,36). The van der Waals surface area contributed by atoms with Gasteiger partial charge in [0.15, 0.2) is 0 Å². The van der Waals surface area contributed by atoms with Crippen molar-refractivity contribution >= 4 is 43.0 Å². The molecule has 40 heavy (non-hydrogen) atoms. The molecule has 2 heterocycles. The fraction of sp³-hybridized carbons (Fsp3) is 0.407. The van der Waals surface area contributed by atoms with Crippen molar-refractivity contribution in [3.8, 4) is 5.75 Å². The molecular weight excluding hydrogens is 603 g/mol. The minimum absolute atomic E-state index is 0.0955. The third-order valence-corrected chi connectivity index (χ3v) is 9.64. The fourth-order valence-electron chi connectivity index (χ4n) is 4.80. The van der Waals surface area contributed by atoms with Crippen LogP contribution in [0.2, 0.25) is 0 Å². The van der Waals surface area contributed by atoms with E-state index in [0.29, 0.717) is 53.7 Å². The first kappa shape index (κ1) is 30.2. The zero-order chi connectivity index (χ0) is 29.2. The number of carbonyl (C=O) groups is 1. The van der Waals surface area contributed by atoms with Gasteiger partial charge in [-0.05, 0) is 0 Å². The number of aromatic nitrogens is 2. The molecule has 1 atom stereocenters. The molecule has 0 aliphatic carbocycles. The predicted octanol–water partition coefficient (Wildman–Crippen LogP) is 2.44. The number of nitrogens with one attached hydrogen (secondary N) is 2. The molecule has 0 saturated carbocycles. The topological polar surface area (TPSA) is 108 Å². The van der Waals surface area contributed by atoms with E-state index in [0.717, 1.165) is 27.3 Å². The maximum atomic E-state index is 13.7. The van der Waals surface area contributed by atoms with E-state index < -0.39 is 32.5 Å². The van der Waals surface area contributed by atoms with E-state index >= 15 is 0 Å². The van der Waals surface area contributed by atoms with Gasteiger partial charge in [-0.3, -0.25) is 0 Å². The molecule has 0 fully saturated rings. The molecule has 1 aliphatic rings. The van der Waals surface area contributed by atoms with Crippen molar-refractivity contribution in [2.75, 3.05) is 25.0 Å². The number of rotatable bonds is 10. The molecule has 0 saturated heterocycles. The zero-order valence-corrected chi connectivity index (χ0v) is 26.1. The number of ether oxygens (including phenoxy) is 1. The fourth-order valence-corrected chi connectivity index (χ4v) is 7.07. The van der Waals surface area contributed by atoms with Crippen LogP contribution in [0.25, 0.3) is 0 Å². The summed E-state index contributed by atoms with van der Waals surface area (Å²) >= 11 is 1.26. The Morgan fingerprint density at radius 1 is 1.15 bits per heavy atom. The molecule has 9 nitrogen and oxygen atoms in total. The number of nitrogens with zero attached hydrogens (tertiary/aromatic N) is 3. The summed E-state index contributed by atoms with van der Waals surface area (Å²) in [5, 5.41) is 9.83. The van der Waals surface area contributed by atoms with E-state index in [1.807, 2.05) is 6.07 Å². The third-order valence-electron chi connectivity index (χ3n) is 6.82. The molecule has 216 valence electrons. The summed E-state index contributed by atoms with van der Waals surface area (Å²) in [5.41, 5.74) is 1.64. The van der Waals surface area contributed by atoms with Crippen LogP contribution < -0.4 is 14.4 Å². The predicted molar refractivity (Wildman–Crippen MR) is 151 cm³/mol. The molecular formula is C27H34AsF2N5O4S. The van der Waals surface area contributed by atoms with Crippen LogP contribution in [0.15, 0.2) is 41.3 Å². The van der Waals surface area contributed by atoms with Crippen molar-refractivity contribution in [3.05, 3.63) is 64.9 Å². The molecule has 4 rings (SSSR count). The Morgan fingerprint density at radius 2 is 1.82 bits per heavy atom. The number of carbonyl (C=O) groups excluding carboxylic acids is 1. The molecule has 1 aliphatic heterocycles. The normalized spacial score (nSPS) is 14.2. The number of fused-ring (bicyclic) bond motifs is 1. The summed E-state index contributed by atoms with van der Waals surface area (Å²) in [4.78, 5) is 15.0. The first-order valence-electron chi connectivity index (χ1n) is 13.0. The Morgan fingerprint density at radius 3 is 2.45 bits per heavy atom. The third kappa shape index (κ3) is 6.74. The monoisotopic (exact) mass is 637 g/mol. The maximum absolute atomic E-state index is 13.7. The number of sulfonamides is 1. The van der Waals surface area contributed by atoms with E-state index in [1.165, 1.54) is 16.9 Å². The summed E-state index contributed by atoms with van der Waals surface area (Å²) in [6.45, 7) is 9.90. The van der Waals surface area contributed by atoms with Gasteiger partial charge in [0.05, 0.1) is 0 Å². The first-order chi connectivity index (χ1) is 18.9. The quantitative estimate of drug-likeness (QED) is 0.331. The Kier molecular flexibility index (Phi) is 9.34. The Hall–Kier alpha value is -2.79. The van der Waals surface area contributed by atoms with Crippen LogP contribution in [-0.4, -0.2) is 82.4 Å². The van der Waals surface area contributed by atoms with E-state index in [2.05, 4.69) is 48.1 Å². The average Bonchev–Trinajstić information content (AvgIpc) is 3.27. The van der Waals surface area contributed by atoms with Crippen LogP contribution >= 0.6 is 0 Å². The van der Waals surface area contributed by atoms with Gasteiger partial charge in [-0.2, -0.15) is 0 Å². The van der Waals surface area contributed by atoms with E-state index in [1.54, 1.807) is 12.1 Å². The van der Waals surface area contributed by atoms with Gasteiger partial charge >= 0.3 is 227 Å². The summed E-state index contributed by atoms with van der Waals surface area (Å²) in [6, 6.07) is 8.28. The van der Waals surface area contributed by atoms with Crippen molar-refractivity contribution < 1.29 is 26.7 Å². The molecule has 3 aromatic rings. The SMILES string of the molecule is CC(C)N(CCOc1ccc(C(=O)Nc2n[nH]c3c2CN(S(=O)(=O)c2cc(F)cc(F)c2)CC3)c([AsH2])c1)C(C)C.